The molecule has 0 aromatic heterocycles. The summed E-state index contributed by atoms with van der Waals surface area (Å²) in [4.78, 5) is 9.40. The fourth-order valence-corrected chi connectivity index (χ4v) is 3.63. The number of ether oxygens (including phenoxy) is 3. The number of methoxy groups -OCH3 is 1. The van der Waals surface area contributed by atoms with Crippen LogP contribution in [-0.2, 0) is 16.0 Å². The van der Waals surface area contributed by atoms with Crippen molar-refractivity contribution in [2.45, 2.75) is 19.0 Å². The van der Waals surface area contributed by atoms with Gasteiger partial charge in [-0.25, -0.2) is 0 Å². The summed E-state index contributed by atoms with van der Waals surface area (Å²) in [5.41, 5.74) is 1.21. The van der Waals surface area contributed by atoms with Gasteiger partial charge in [-0.1, -0.05) is 12.1 Å². The maximum atomic E-state index is 5.61. The second-order valence-electron chi connectivity index (χ2n) is 6.92. The standard InChI is InChI=1S/C20H32N4O3.HI/c1-21-20(24-8-7-18(16-24)23-9-11-26-12-10-23)22-15-17-3-5-19(6-4-17)27-14-13-25-2;/h3-6,18H,7-16H2,1-2H3,(H,21,22);1H. The lowest BCUT2D eigenvalue weighted by atomic mass is 10.2. The number of rotatable bonds is 7. The van der Waals surface area contributed by atoms with E-state index >= 15 is 0 Å². The Morgan fingerprint density at radius 1 is 1.18 bits per heavy atom. The quantitative estimate of drug-likeness (QED) is 0.265. The summed E-state index contributed by atoms with van der Waals surface area (Å²) in [7, 11) is 3.53. The van der Waals surface area contributed by atoms with Crippen LogP contribution in [-0.4, -0.2) is 88.6 Å². The van der Waals surface area contributed by atoms with E-state index in [-0.39, 0.29) is 24.0 Å². The molecule has 8 heteroatoms. The highest BCUT2D eigenvalue weighted by molar-refractivity contribution is 14.0. The molecule has 0 bridgehead atoms. The molecule has 1 unspecified atom stereocenters. The van der Waals surface area contributed by atoms with E-state index in [2.05, 4.69) is 32.2 Å². The van der Waals surface area contributed by atoms with Gasteiger partial charge in [0.15, 0.2) is 5.96 Å². The van der Waals surface area contributed by atoms with Crippen molar-refractivity contribution in [3.8, 4) is 5.75 Å². The summed E-state index contributed by atoms with van der Waals surface area (Å²) in [6.45, 7) is 7.81. The average molecular weight is 504 g/mol. The Morgan fingerprint density at radius 3 is 2.61 bits per heavy atom. The maximum Gasteiger partial charge on any atom is 0.193 e. The molecule has 3 rings (SSSR count). The van der Waals surface area contributed by atoms with Crippen molar-refractivity contribution >= 4 is 29.9 Å². The minimum absolute atomic E-state index is 0. The van der Waals surface area contributed by atoms with Gasteiger partial charge in [0.1, 0.15) is 12.4 Å². The van der Waals surface area contributed by atoms with Gasteiger partial charge >= 0.3 is 0 Å². The van der Waals surface area contributed by atoms with Crippen LogP contribution in [0.3, 0.4) is 0 Å². The van der Waals surface area contributed by atoms with Crippen molar-refractivity contribution in [3.05, 3.63) is 29.8 Å². The fraction of sp³-hybridized carbons (Fsp3) is 0.650. The first-order chi connectivity index (χ1) is 13.3. The SMILES string of the molecule is CN=C(NCc1ccc(OCCOC)cc1)N1CCC(N2CCOCC2)C1.I. The number of hydrogen-bond acceptors (Lipinski definition) is 5. The summed E-state index contributed by atoms with van der Waals surface area (Å²) < 4.78 is 16.1. The van der Waals surface area contributed by atoms with Gasteiger partial charge in [-0.15, -0.1) is 24.0 Å². The van der Waals surface area contributed by atoms with Crippen LogP contribution in [0, 0.1) is 0 Å². The molecule has 0 aliphatic carbocycles. The predicted molar refractivity (Wildman–Crippen MR) is 122 cm³/mol. The topological polar surface area (TPSA) is 58.6 Å². The second kappa shape index (κ2) is 12.5. The van der Waals surface area contributed by atoms with Gasteiger partial charge in [0.2, 0.25) is 0 Å². The summed E-state index contributed by atoms with van der Waals surface area (Å²) in [6, 6.07) is 8.78. The van der Waals surface area contributed by atoms with E-state index in [0.29, 0.717) is 19.3 Å². The van der Waals surface area contributed by atoms with E-state index < -0.39 is 0 Å². The van der Waals surface area contributed by atoms with Crippen molar-refractivity contribution in [2.24, 2.45) is 4.99 Å². The Kier molecular flexibility index (Phi) is 10.3. The van der Waals surface area contributed by atoms with Gasteiger partial charge in [-0.2, -0.15) is 0 Å². The molecule has 1 aromatic rings. The molecular formula is C20H33IN4O3. The number of nitrogens with zero attached hydrogens (tertiary/aromatic N) is 3. The molecule has 1 atom stereocenters. The molecule has 28 heavy (non-hydrogen) atoms. The molecule has 158 valence electrons. The molecule has 2 aliphatic rings. The van der Waals surface area contributed by atoms with Crippen molar-refractivity contribution in [2.75, 3.05) is 66.8 Å². The highest BCUT2D eigenvalue weighted by atomic mass is 127. The largest absolute Gasteiger partial charge is 0.491 e. The van der Waals surface area contributed by atoms with E-state index in [9.17, 15) is 0 Å². The third-order valence-corrected chi connectivity index (χ3v) is 5.17. The number of likely N-dealkylation sites (tertiary alicyclic amines) is 1. The highest BCUT2D eigenvalue weighted by Gasteiger charge is 2.30. The first-order valence-electron chi connectivity index (χ1n) is 9.78. The number of nitrogens with one attached hydrogen (secondary N) is 1. The number of aliphatic imine (C=N–C) groups is 1. The zero-order valence-corrected chi connectivity index (χ0v) is 19.3. The maximum absolute atomic E-state index is 5.61. The smallest absolute Gasteiger partial charge is 0.193 e. The molecule has 0 amide bonds. The minimum Gasteiger partial charge on any atom is -0.491 e. The van der Waals surface area contributed by atoms with E-state index in [1.165, 1.54) is 12.0 Å². The van der Waals surface area contributed by atoms with Crippen LogP contribution in [0.2, 0.25) is 0 Å². The Bertz CT molecular complexity index is 594. The summed E-state index contributed by atoms with van der Waals surface area (Å²) in [5, 5.41) is 3.49. The lowest BCUT2D eigenvalue weighted by molar-refractivity contribution is 0.0195. The third-order valence-electron chi connectivity index (χ3n) is 5.17. The van der Waals surface area contributed by atoms with Gasteiger partial charge in [-0.3, -0.25) is 9.89 Å². The lowest BCUT2D eigenvalue weighted by Gasteiger charge is -2.32. The van der Waals surface area contributed by atoms with E-state index in [0.717, 1.165) is 57.6 Å². The minimum atomic E-state index is 0. The molecular weight excluding hydrogens is 471 g/mol. The van der Waals surface area contributed by atoms with Gasteiger partial charge in [0.05, 0.1) is 19.8 Å². The molecule has 7 nitrogen and oxygen atoms in total. The van der Waals surface area contributed by atoms with E-state index in [1.807, 2.05) is 19.2 Å². The van der Waals surface area contributed by atoms with Crippen LogP contribution >= 0.6 is 24.0 Å². The van der Waals surface area contributed by atoms with Gasteiger partial charge in [-0.05, 0) is 24.1 Å². The van der Waals surface area contributed by atoms with E-state index in [1.54, 1.807) is 7.11 Å². The molecule has 2 saturated heterocycles. The lowest BCUT2D eigenvalue weighted by Crippen LogP contribution is -2.46. The van der Waals surface area contributed by atoms with Crippen LogP contribution in [0.4, 0.5) is 0 Å². The summed E-state index contributed by atoms with van der Waals surface area (Å²) in [6.07, 6.45) is 1.19. The van der Waals surface area contributed by atoms with Crippen LogP contribution in [0.25, 0.3) is 0 Å². The third kappa shape index (κ3) is 6.75. The monoisotopic (exact) mass is 504 g/mol. The Labute approximate surface area is 185 Å². The summed E-state index contributed by atoms with van der Waals surface area (Å²) in [5.74, 6) is 1.85. The number of guanidine groups is 1. The summed E-state index contributed by atoms with van der Waals surface area (Å²) >= 11 is 0. The van der Waals surface area contributed by atoms with Crippen molar-refractivity contribution in [1.29, 1.82) is 0 Å². The number of benzene rings is 1. The average Bonchev–Trinajstić information content (AvgIpc) is 3.20. The molecule has 0 saturated carbocycles. The predicted octanol–water partition coefficient (Wildman–Crippen LogP) is 1.81. The normalized spacial score (nSPS) is 20.7. The molecule has 1 aromatic carbocycles. The zero-order chi connectivity index (χ0) is 18.9. The Balaban J connectivity index is 0.00000280. The van der Waals surface area contributed by atoms with Crippen molar-refractivity contribution in [1.82, 2.24) is 15.1 Å². The van der Waals surface area contributed by atoms with Gasteiger partial charge in [0.25, 0.3) is 0 Å². The van der Waals surface area contributed by atoms with Gasteiger partial charge < -0.3 is 24.4 Å². The highest BCUT2D eigenvalue weighted by Crippen LogP contribution is 2.17. The number of halogens is 1. The zero-order valence-electron chi connectivity index (χ0n) is 16.9. The van der Waals surface area contributed by atoms with Gasteiger partial charge in [0, 0.05) is 52.9 Å². The Hall–Kier alpha value is -1.10. The molecule has 2 fully saturated rings. The van der Waals surface area contributed by atoms with Crippen LogP contribution in [0.1, 0.15) is 12.0 Å². The molecule has 2 aliphatic heterocycles. The van der Waals surface area contributed by atoms with E-state index in [4.69, 9.17) is 14.2 Å². The van der Waals surface area contributed by atoms with Crippen molar-refractivity contribution in [3.63, 3.8) is 0 Å². The molecule has 2 heterocycles. The first kappa shape index (κ1) is 23.2. The van der Waals surface area contributed by atoms with Crippen LogP contribution in [0.15, 0.2) is 29.3 Å². The second-order valence-corrected chi connectivity index (χ2v) is 6.92. The number of hydrogen-bond donors (Lipinski definition) is 1. The molecule has 0 spiro atoms. The van der Waals surface area contributed by atoms with Crippen LogP contribution in [0.5, 0.6) is 5.75 Å². The molecule has 0 radical (unpaired) electrons. The Morgan fingerprint density at radius 2 is 1.93 bits per heavy atom. The number of morpholine rings is 1. The molecule has 1 N–H and O–H groups in total. The fourth-order valence-electron chi connectivity index (χ4n) is 3.63. The van der Waals surface area contributed by atoms with Crippen molar-refractivity contribution < 1.29 is 14.2 Å². The van der Waals surface area contributed by atoms with Crippen LogP contribution < -0.4 is 10.1 Å². The first-order valence-corrected chi connectivity index (χ1v) is 9.78.